The Morgan fingerprint density at radius 1 is 0.362 bits per heavy atom. The van der Waals surface area contributed by atoms with Gasteiger partial charge in [-0.3, -0.25) is 0 Å². The van der Waals surface area contributed by atoms with E-state index in [9.17, 15) is 4.79 Å². The average molecular weight is 1130 g/mol. The highest BCUT2D eigenvalue weighted by atomic mass is 16.6. The van der Waals surface area contributed by atoms with Gasteiger partial charge in [-0.25, -0.2) is 4.79 Å². The maximum atomic E-state index is 12.2. The van der Waals surface area contributed by atoms with Crippen LogP contribution in [0.5, 0.6) is 11.5 Å². The molecule has 20 nitrogen and oxygen atoms in total. The molecule has 0 saturated heterocycles. The van der Waals surface area contributed by atoms with E-state index in [1.54, 1.807) is 39.5 Å². The largest absolute Gasteiger partial charge is 0.491 e. The first-order chi connectivity index (χ1) is 39.5. The molecular formula is C60H90O20. The van der Waals surface area contributed by atoms with Crippen molar-refractivity contribution < 1.29 is 94.8 Å². The van der Waals surface area contributed by atoms with E-state index in [1.807, 2.05) is 85.0 Å². The molecule has 20 heteroatoms. The molecule has 450 valence electrons. The molecule has 80 heavy (non-hydrogen) atoms. The summed E-state index contributed by atoms with van der Waals surface area (Å²) in [6.45, 7) is 16.9. The number of benzene rings is 3. The molecule has 0 bridgehead atoms. The molecule has 2 atom stereocenters. The second kappa shape index (κ2) is 51.2. The first-order valence-electron chi connectivity index (χ1n) is 27.3. The number of hydrogen-bond donors (Lipinski definition) is 0. The fourth-order valence-corrected chi connectivity index (χ4v) is 6.59. The Kier molecular flexibility index (Phi) is 44.5. The van der Waals surface area contributed by atoms with E-state index in [2.05, 4.69) is 6.58 Å². The van der Waals surface area contributed by atoms with Crippen LogP contribution in [0, 0.1) is 0 Å². The van der Waals surface area contributed by atoms with E-state index in [1.165, 1.54) is 0 Å². The van der Waals surface area contributed by atoms with Gasteiger partial charge in [0.15, 0.2) is 0 Å². The van der Waals surface area contributed by atoms with Gasteiger partial charge >= 0.3 is 5.97 Å². The SMILES string of the molecule is C=Cc1ccc(OCCOCCOCCOCCOCCOCCOC(/C=C/c2ccc(OCCOCCOCCOCCOCCOCC(/C=C/c3ccc(C(=O)OCCOC)cc3)OCCOCCOC)cc2)COC)cc1. The normalized spacial score (nSPS) is 12.4. The summed E-state index contributed by atoms with van der Waals surface area (Å²) < 4.78 is 106. The van der Waals surface area contributed by atoms with Crippen molar-refractivity contribution in [1.82, 2.24) is 0 Å². The zero-order chi connectivity index (χ0) is 56.9. The molecule has 0 fully saturated rings. The van der Waals surface area contributed by atoms with E-state index in [4.69, 9.17) is 90.0 Å². The van der Waals surface area contributed by atoms with Crippen LogP contribution in [-0.2, 0) is 80.5 Å². The monoisotopic (exact) mass is 1130 g/mol. The number of carbonyl (C=O) groups excluding carboxylic acids is 1. The molecular weight excluding hydrogens is 1040 g/mol. The van der Waals surface area contributed by atoms with Crippen LogP contribution in [0.15, 0.2) is 91.5 Å². The highest BCUT2D eigenvalue weighted by Gasteiger charge is 2.10. The molecule has 0 aliphatic heterocycles. The fraction of sp³-hybridized carbons (Fsp3) is 0.583. The first-order valence-corrected chi connectivity index (χ1v) is 27.3. The summed E-state index contributed by atoms with van der Waals surface area (Å²) in [5.74, 6) is 1.16. The molecule has 0 heterocycles. The minimum absolute atomic E-state index is 0.201. The molecule has 0 amide bonds. The Morgan fingerprint density at radius 3 is 1.07 bits per heavy atom. The van der Waals surface area contributed by atoms with Crippen LogP contribution in [0.2, 0.25) is 0 Å². The lowest BCUT2D eigenvalue weighted by Gasteiger charge is -2.15. The summed E-state index contributed by atoms with van der Waals surface area (Å²) in [4.78, 5) is 12.2. The summed E-state index contributed by atoms with van der Waals surface area (Å²) in [5, 5.41) is 0. The molecule has 0 aliphatic rings. The molecule has 0 spiro atoms. The lowest BCUT2D eigenvalue weighted by atomic mass is 10.1. The Hall–Kier alpha value is -4.69. The van der Waals surface area contributed by atoms with Gasteiger partial charge in [0, 0.05) is 21.3 Å². The lowest BCUT2D eigenvalue weighted by molar-refractivity contribution is -0.0389. The number of hydrogen-bond acceptors (Lipinski definition) is 20. The third-order valence-corrected chi connectivity index (χ3v) is 10.8. The third-order valence-electron chi connectivity index (χ3n) is 10.8. The minimum atomic E-state index is -0.396. The predicted molar refractivity (Wildman–Crippen MR) is 303 cm³/mol. The van der Waals surface area contributed by atoms with Crippen molar-refractivity contribution in [3.8, 4) is 11.5 Å². The Morgan fingerprint density at radius 2 is 0.688 bits per heavy atom. The smallest absolute Gasteiger partial charge is 0.338 e. The predicted octanol–water partition coefficient (Wildman–Crippen LogP) is 6.56. The van der Waals surface area contributed by atoms with Crippen LogP contribution in [0.3, 0.4) is 0 Å². The van der Waals surface area contributed by atoms with Crippen molar-refractivity contribution in [2.75, 3.05) is 220 Å². The first kappa shape index (κ1) is 69.6. The second-order valence-electron chi connectivity index (χ2n) is 17.0. The number of carbonyl (C=O) groups is 1. The highest BCUT2D eigenvalue weighted by Crippen LogP contribution is 2.15. The van der Waals surface area contributed by atoms with E-state index in [0.717, 1.165) is 28.2 Å². The van der Waals surface area contributed by atoms with Crippen LogP contribution in [0.4, 0.5) is 0 Å². The van der Waals surface area contributed by atoms with Crippen LogP contribution >= 0.6 is 0 Å². The van der Waals surface area contributed by atoms with Gasteiger partial charge in [-0.05, 0) is 53.1 Å². The second-order valence-corrected chi connectivity index (χ2v) is 17.0. The molecule has 0 radical (unpaired) electrons. The van der Waals surface area contributed by atoms with Crippen molar-refractivity contribution in [2.45, 2.75) is 12.2 Å². The van der Waals surface area contributed by atoms with Crippen LogP contribution in [0.25, 0.3) is 18.2 Å². The van der Waals surface area contributed by atoms with Crippen molar-refractivity contribution in [1.29, 1.82) is 0 Å². The number of rotatable bonds is 56. The quantitative estimate of drug-likeness (QED) is 0.0435. The van der Waals surface area contributed by atoms with E-state index in [-0.39, 0.29) is 18.8 Å². The Balaban J connectivity index is 1.09. The Bertz CT molecular complexity index is 1930. The molecule has 0 aliphatic carbocycles. The zero-order valence-corrected chi connectivity index (χ0v) is 47.6. The van der Waals surface area contributed by atoms with Gasteiger partial charge in [-0.15, -0.1) is 0 Å². The van der Waals surface area contributed by atoms with Crippen molar-refractivity contribution >= 4 is 24.2 Å². The molecule has 0 saturated carbocycles. The van der Waals surface area contributed by atoms with Crippen LogP contribution in [-0.4, -0.2) is 238 Å². The van der Waals surface area contributed by atoms with Crippen molar-refractivity contribution in [3.05, 3.63) is 114 Å². The van der Waals surface area contributed by atoms with Gasteiger partial charge in [0.1, 0.15) is 31.3 Å². The van der Waals surface area contributed by atoms with E-state index in [0.29, 0.717) is 197 Å². The van der Waals surface area contributed by atoms with Crippen molar-refractivity contribution in [3.63, 3.8) is 0 Å². The zero-order valence-electron chi connectivity index (χ0n) is 47.6. The molecule has 0 aromatic heterocycles. The van der Waals surface area contributed by atoms with Gasteiger partial charge in [0.05, 0.1) is 196 Å². The standard InChI is InChI=1S/C60H90O20/c1-5-52-8-16-56(17-9-52)76-46-41-72-36-33-68-28-25-66-26-29-70-35-38-74-44-48-78-58(50-64-4)20-12-54-10-18-57(19-11-54)77-47-42-73-37-34-69-30-27-67-31-32-71-39-40-75-51-59(79-49-43-65-24-22-62-2)21-13-53-6-14-55(15-7-53)60(61)80-45-23-63-3/h5-21,58-59H,1,22-51H2,2-4H3/b20-12+,21-13+. The van der Waals surface area contributed by atoms with E-state index >= 15 is 0 Å². The number of esters is 1. The summed E-state index contributed by atoms with van der Waals surface area (Å²) in [7, 11) is 4.83. The lowest BCUT2D eigenvalue weighted by Crippen LogP contribution is -2.22. The molecule has 3 rings (SSSR count). The molecule has 0 N–H and O–H groups in total. The average Bonchev–Trinajstić information content (AvgIpc) is 3.48. The third kappa shape index (κ3) is 38.9. The van der Waals surface area contributed by atoms with Gasteiger partial charge in [-0.1, -0.05) is 73.4 Å². The van der Waals surface area contributed by atoms with Crippen molar-refractivity contribution in [2.24, 2.45) is 0 Å². The summed E-state index contributed by atoms with van der Waals surface area (Å²) in [5.41, 5.74) is 3.43. The van der Waals surface area contributed by atoms with Crippen LogP contribution < -0.4 is 9.47 Å². The van der Waals surface area contributed by atoms with E-state index < -0.39 is 5.97 Å². The van der Waals surface area contributed by atoms with Gasteiger partial charge in [0.2, 0.25) is 0 Å². The molecule has 3 aromatic carbocycles. The topological polar surface area (TPSA) is 192 Å². The van der Waals surface area contributed by atoms with Gasteiger partial charge in [-0.2, -0.15) is 0 Å². The summed E-state index contributed by atoms with van der Waals surface area (Å²) in [6, 6.07) is 22.7. The summed E-state index contributed by atoms with van der Waals surface area (Å²) >= 11 is 0. The maximum absolute atomic E-state index is 12.2. The molecule has 2 unspecified atom stereocenters. The minimum Gasteiger partial charge on any atom is -0.491 e. The van der Waals surface area contributed by atoms with Crippen LogP contribution in [0.1, 0.15) is 27.0 Å². The Labute approximate surface area is 474 Å². The summed E-state index contributed by atoms with van der Waals surface area (Å²) in [6.07, 6.45) is 9.05. The maximum Gasteiger partial charge on any atom is 0.338 e. The number of methoxy groups -OCH3 is 3. The van der Waals surface area contributed by atoms with Gasteiger partial charge in [0.25, 0.3) is 0 Å². The highest BCUT2D eigenvalue weighted by molar-refractivity contribution is 5.89. The number of ether oxygens (including phenoxy) is 19. The fourth-order valence-electron chi connectivity index (χ4n) is 6.59. The van der Waals surface area contributed by atoms with Gasteiger partial charge < -0.3 is 90.0 Å². The molecule has 3 aromatic rings.